The van der Waals surface area contributed by atoms with Gasteiger partial charge in [0.1, 0.15) is 5.75 Å². The Balaban J connectivity index is 1.79. The van der Waals surface area contributed by atoms with E-state index in [2.05, 4.69) is 0 Å². The van der Waals surface area contributed by atoms with Crippen molar-refractivity contribution in [3.05, 3.63) is 88.9 Å². The number of sulfonamides is 1. The molecule has 0 radical (unpaired) electrons. The normalized spacial score (nSPS) is 11.0. The second-order valence-electron chi connectivity index (χ2n) is 6.68. The highest BCUT2D eigenvalue weighted by atomic mass is 35.5. The molecule has 9 heteroatoms. The van der Waals surface area contributed by atoms with E-state index in [9.17, 15) is 18.0 Å². The Morgan fingerprint density at radius 1 is 0.969 bits per heavy atom. The number of methoxy groups -OCH3 is 1. The molecule has 0 aliphatic carbocycles. The van der Waals surface area contributed by atoms with Crippen LogP contribution in [0.15, 0.2) is 77.7 Å². The molecule has 3 aromatic rings. The summed E-state index contributed by atoms with van der Waals surface area (Å²) in [6.07, 6.45) is 0. The second kappa shape index (κ2) is 9.84. The van der Waals surface area contributed by atoms with Crippen molar-refractivity contribution in [2.45, 2.75) is 4.90 Å². The fourth-order valence-corrected chi connectivity index (χ4v) is 4.26. The van der Waals surface area contributed by atoms with Gasteiger partial charge in [0.05, 0.1) is 28.3 Å². The van der Waals surface area contributed by atoms with Crippen molar-refractivity contribution in [1.82, 2.24) is 0 Å². The summed E-state index contributed by atoms with van der Waals surface area (Å²) in [6.45, 7) is -0.538. The Morgan fingerprint density at radius 2 is 1.69 bits per heavy atom. The highest BCUT2D eigenvalue weighted by Gasteiger charge is 2.24. The molecule has 0 N–H and O–H groups in total. The molecule has 0 aromatic heterocycles. The van der Waals surface area contributed by atoms with Gasteiger partial charge in [-0.3, -0.25) is 9.10 Å². The average molecular weight is 474 g/mol. The number of nitrogens with zero attached hydrogens (tertiary/aromatic N) is 1. The van der Waals surface area contributed by atoms with E-state index in [1.807, 2.05) is 0 Å². The molecule has 0 bridgehead atoms. The third kappa shape index (κ3) is 5.09. The summed E-state index contributed by atoms with van der Waals surface area (Å²) < 4.78 is 37.2. The van der Waals surface area contributed by atoms with Crippen LogP contribution >= 0.6 is 11.6 Å². The third-order valence-corrected chi connectivity index (χ3v) is 6.77. The van der Waals surface area contributed by atoms with Crippen LogP contribution in [0.2, 0.25) is 5.02 Å². The Hall–Kier alpha value is -3.36. The smallest absolute Gasteiger partial charge is 0.340 e. The zero-order valence-electron chi connectivity index (χ0n) is 17.3. The predicted octanol–water partition coefficient (Wildman–Crippen LogP) is 4.21. The summed E-state index contributed by atoms with van der Waals surface area (Å²) >= 11 is 6.10. The number of ketones is 1. The largest absolute Gasteiger partial charge is 0.497 e. The molecule has 3 aromatic carbocycles. The molecule has 0 fully saturated rings. The molecule has 0 atom stereocenters. The maximum absolute atomic E-state index is 13.0. The quantitative estimate of drug-likeness (QED) is 0.359. The molecule has 0 saturated heterocycles. The predicted molar refractivity (Wildman–Crippen MR) is 121 cm³/mol. The van der Waals surface area contributed by atoms with Gasteiger partial charge >= 0.3 is 5.97 Å². The minimum Gasteiger partial charge on any atom is -0.497 e. The van der Waals surface area contributed by atoms with Crippen LogP contribution in [0.4, 0.5) is 5.69 Å². The van der Waals surface area contributed by atoms with Gasteiger partial charge in [0, 0.05) is 12.6 Å². The van der Waals surface area contributed by atoms with Crippen LogP contribution in [0.1, 0.15) is 20.7 Å². The van der Waals surface area contributed by atoms with Gasteiger partial charge < -0.3 is 9.47 Å². The molecular weight excluding hydrogens is 454 g/mol. The monoisotopic (exact) mass is 473 g/mol. The number of hydrogen-bond donors (Lipinski definition) is 0. The van der Waals surface area contributed by atoms with Gasteiger partial charge in [-0.15, -0.1) is 0 Å². The summed E-state index contributed by atoms with van der Waals surface area (Å²) in [7, 11) is -1.08. The highest BCUT2D eigenvalue weighted by Crippen LogP contribution is 2.26. The molecule has 0 heterocycles. The number of hydrogen-bond acceptors (Lipinski definition) is 6. The number of para-hydroxylation sites is 1. The Bertz CT molecular complexity index is 1240. The molecule has 0 saturated carbocycles. The minimum atomic E-state index is -3.96. The van der Waals surface area contributed by atoms with Crippen molar-refractivity contribution in [3.8, 4) is 5.75 Å². The number of halogens is 1. The van der Waals surface area contributed by atoms with Gasteiger partial charge in [0.15, 0.2) is 12.4 Å². The van der Waals surface area contributed by atoms with E-state index in [-0.39, 0.29) is 15.5 Å². The van der Waals surface area contributed by atoms with Gasteiger partial charge in [-0.2, -0.15) is 0 Å². The molecule has 0 unspecified atom stereocenters. The SMILES string of the molecule is COc1cccc(C(=O)COC(=O)c2cc(S(=O)(=O)N(C)c3ccccc3)ccc2Cl)c1. The van der Waals surface area contributed by atoms with Crippen LogP contribution in [0.3, 0.4) is 0 Å². The van der Waals surface area contributed by atoms with Crippen LogP contribution < -0.4 is 9.04 Å². The van der Waals surface area contributed by atoms with E-state index in [1.165, 1.54) is 32.4 Å². The fraction of sp³-hybridized carbons (Fsp3) is 0.130. The van der Waals surface area contributed by atoms with E-state index in [4.69, 9.17) is 21.1 Å². The molecule has 0 aliphatic heterocycles. The van der Waals surface area contributed by atoms with Crippen LogP contribution in [0.5, 0.6) is 5.75 Å². The maximum Gasteiger partial charge on any atom is 0.340 e. The topological polar surface area (TPSA) is 90.0 Å². The first-order chi connectivity index (χ1) is 15.2. The summed E-state index contributed by atoms with van der Waals surface area (Å²) in [5.74, 6) is -0.864. The summed E-state index contributed by atoms with van der Waals surface area (Å²) in [4.78, 5) is 24.7. The summed E-state index contributed by atoms with van der Waals surface area (Å²) in [5.41, 5.74) is 0.604. The van der Waals surface area contributed by atoms with E-state index in [0.29, 0.717) is 17.0 Å². The lowest BCUT2D eigenvalue weighted by Gasteiger charge is -2.20. The molecule has 32 heavy (non-hydrogen) atoms. The number of Topliss-reactive ketones (excluding diaryl/α,β-unsaturated/α-hetero) is 1. The van der Waals surface area contributed by atoms with E-state index in [0.717, 1.165) is 10.4 Å². The van der Waals surface area contributed by atoms with Gasteiger partial charge in [-0.05, 0) is 42.5 Å². The van der Waals surface area contributed by atoms with Crippen molar-refractivity contribution in [2.24, 2.45) is 0 Å². The first-order valence-corrected chi connectivity index (χ1v) is 11.2. The van der Waals surface area contributed by atoms with Crippen LogP contribution in [0.25, 0.3) is 0 Å². The zero-order valence-corrected chi connectivity index (χ0v) is 18.9. The lowest BCUT2D eigenvalue weighted by molar-refractivity contribution is 0.0474. The maximum atomic E-state index is 13.0. The van der Waals surface area contributed by atoms with Crippen LogP contribution in [-0.4, -0.2) is 40.9 Å². The first kappa shape index (κ1) is 23.3. The standard InChI is InChI=1S/C23H20ClNO6S/c1-25(17-8-4-3-5-9-17)32(28,29)19-11-12-21(24)20(14-19)23(27)31-15-22(26)16-7-6-10-18(13-16)30-2/h3-14H,15H2,1-2H3. The number of carbonyl (C=O) groups excluding carboxylic acids is 2. The Kier molecular flexibility index (Phi) is 7.17. The molecule has 0 aliphatic rings. The summed E-state index contributed by atoms with van der Waals surface area (Å²) in [5, 5.41) is 0.00476. The van der Waals surface area contributed by atoms with E-state index >= 15 is 0 Å². The van der Waals surface area contributed by atoms with Gasteiger partial charge in [0.2, 0.25) is 0 Å². The Morgan fingerprint density at radius 3 is 2.38 bits per heavy atom. The number of esters is 1. The average Bonchev–Trinajstić information content (AvgIpc) is 2.82. The molecule has 3 rings (SSSR count). The molecule has 166 valence electrons. The minimum absolute atomic E-state index is 0.00476. The molecular formula is C23H20ClNO6S. The zero-order chi connectivity index (χ0) is 23.3. The van der Waals surface area contributed by atoms with Crippen molar-refractivity contribution >= 4 is 39.1 Å². The van der Waals surface area contributed by atoms with Crippen molar-refractivity contribution in [3.63, 3.8) is 0 Å². The lowest BCUT2D eigenvalue weighted by atomic mass is 10.1. The summed E-state index contributed by atoms with van der Waals surface area (Å²) in [6, 6.07) is 18.6. The molecule has 0 amide bonds. The lowest BCUT2D eigenvalue weighted by Crippen LogP contribution is -2.26. The third-order valence-electron chi connectivity index (χ3n) is 4.66. The first-order valence-electron chi connectivity index (χ1n) is 9.42. The van der Waals surface area contributed by atoms with Gasteiger partial charge in [0.25, 0.3) is 10.0 Å². The van der Waals surface area contributed by atoms with Gasteiger partial charge in [-0.25, -0.2) is 13.2 Å². The molecule has 0 spiro atoms. The van der Waals surface area contributed by atoms with E-state index in [1.54, 1.807) is 48.5 Å². The number of rotatable bonds is 8. The fourth-order valence-electron chi connectivity index (χ4n) is 2.84. The van der Waals surface area contributed by atoms with Crippen molar-refractivity contribution < 1.29 is 27.5 Å². The van der Waals surface area contributed by atoms with Crippen LogP contribution in [0, 0.1) is 0 Å². The highest BCUT2D eigenvalue weighted by molar-refractivity contribution is 7.92. The van der Waals surface area contributed by atoms with Crippen LogP contribution in [-0.2, 0) is 14.8 Å². The number of benzene rings is 3. The molecule has 7 nitrogen and oxygen atoms in total. The van der Waals surface area contributed by atoms with Gasteiger partial charge in [-0.1, -0.05) is 41.9 Å². The number of ether oxygens (including phenoxy) is 2. The number of carbonyl (C=O) groups is 2. The number of anilines is 1. The van der Waals surface area contributed by atoms with E-state index < -0.39 is 28.4 Å². The van der Waals surface area contributed by atoms with Crippen molar-refractivity contribution in [2.75, 3.05) is 25.1 Å². The van der Waals surface area contributed by atoms with Crippen molar-refractivity contribution in [1.29, 1.82) is 0 Å². The second-order valence-corrected chi connectivity index (χ2v) is 9.06. The Labute approximate surface area is 191 Å².